The lowest BCUT2D eigenvalue weighted by Crippen LogP contribution is -2.21. The first-order chi connectivity index (χ1) is 13.2. The molecule has 0 fully saturated rings. The highest BCUT2D eigenvalue weighted by Crippen LogP contribution is 2.51. The molecule has 3 nitrogen and oxygen atoms in total. The van der Waals surface area contributed by atoms with E-state index in [-0.39, 0.29) is 0 Å². The average molecular weight is 398 g/mol. The number of nitrogens with zero attached hydrogens (tertiary/aromatic N) is 1. The second-order valence-corrected chi connectivity index (χ2v) is 8.06. The molecule has 0 saturated heterocycles. The van der Waals surface area contributed by atoms with Gasteiger partial charge in [0.25, 0.3) is 0 Å². The van der Waals surface area contributed by atoms with Crippen molar-refractivity contribution in [3.05, 3.63) is 47.5 Å². The molecule has 0 spiro atoms. The number of halogens is 1. The van der Waals surface area contributed by atoms with Gasteiger partial charge >= 0.3 is 0 Å². The van der Waals surface area contributed by atoms with Crippen LogP contribution in [0.1, 0.15) is 20.8 Å². The van der Waals surface area contributed by atoms with Crippen LogP contribution in [0.15, 0.2) is 52.3 Å². The van der Waals surface area contributed by atoms with Crippen molar-refractivity contribution in [1.82, 2.24) is 0 Å². The Bertz CT molecular complexity index is 999. The second kappa shape index (κ2) is 7.53. The normalized spacial score (nSPS) is 12.3. The van der Waals surface area contributed by atoms with Gasteiger partial charge in [0, 0.05) is 51.6 Å². The summed E-state index contributed by atoms with van der Waals surface area (Å²) in [5.41, 5.74) is 4.64. The number of anilines is 4. The fraction of sp³-hybridized carbons (Fsp3) is 0.273. The zero-order valence-corrected chi connectivity index (χ0v) is 17.5. The third-order valence-corrected chi connectivity index (χ3v) is 6.43. The Balaban J connectivity index is 1.84. The smallest absolute Gasteiger partial charge is 0.0622 e. The SMILES string of the molecule is CCNc1cc2c(c3c(Cl)cccc13)Nc1ccc(N(CC)CC)cc1S2. The average Bonchev–Trinajstić information content (AvgIpc) is 2.68. The Morgan fingerprint density at radius 1 is 1.04 bits per heavy atom. The summed E-state index contributed by atoms with van der Waals surface area (Å²) in [7, 11) is 0. The molecule has 0 unspecified atom stereocenters. The summed E-state index contributed by atoms with van der Waals surface area (Å²) < 4.78 is 0. The van der Waals surface area contributed by atoms with Gasteiger partial charge in [-0.1, -0.05) is 35.5 Å². The van der Waals surface area contributed by atoms with E-state index in [9.17, 15) is 0 Å². The molecule has 4 rings (SSSR count). The molecule has 0 aliphatic carbocycles. The van der Waals surface area contributed by atoms with Gasteiger partial charge < -0.3 is 15.5 Å². The van der Waals surface area contributed by atoms with E-state index in [0.29, 0.717) is 0 Å². The molecule has 1 aliphatic heterocycles. The zero-order valence-electron chi connectivity index (χ0n) is 15.9. The lowest BCUT2D eigenvalue weighted by atomic mass is 10.1. The van der Waals surface area contributed by atoms with Crippen molar-refractivity contribution >= 4 is 56.9 Å². The zero-order chi connectivity index (χ0) is 19.0. The first kappa shape index (κ1) is 18.3. The molecule has 0 radical (unpaired) electrons. The first-order valence-corrected chi connectivity index (χ1v) is 10.7. The number of benzene rings is 3. The van der Waals surface area contributed by atoms with Crippen molar-refractivity contribution in [2.24, 2.45) is 0 Å². The highest BCUT2D eigenvalue weighted by molar-refractivity contribution is 7.99. The van der Waals surface area contributed by atoms with Crippen LogP contribution in [0, 0.1) is 0 Å². The van der Waals surface area contributed by atoms with Gasteiger partial charge in [0.05, 0.1) is 16.4 Å². The van der Waals surface area contributed by atoms with Crippen LogP contribution >= 0.6 is 23.4 Å². The standard InChI is InChI=1S/C22H24ClN3S/c1-4-24-18-13-20-22(21-15(18)8-7-9-16(21)23)25-17-11-10-14(12-19(17)27-20)26(5-2)6-3/h7-13,24-25H,4-6H2,1-3H3. The van der Waals surface area contributed by atoms with Gasteiger partial charge in [-0.15, -0.1) is 0 Å². The number of hydrogen-bond acceptors (Lipinski definition) is 4. The predicted octanol–water partition coefficient (Wildman–Crippen LogP) is 6.98. The van der Waals surface area contributed by atoms with Crippen molar-refractivity contribution in [3.8, 4) is 0 Å². The van der Waals surface area contributed by atoms with E-state index in [2.05, 4.69) is 66.6 Å². The van der Waals surface area contributed by atoms with Crippen LogP contribution in [0.5, 0.6) is 0 Å². The summed E-state index contributed by atoms with van der Waals surface area (Å²) in [6.07, 6.45) is 0. The predicted molar refractivity (Wildman–Crippen MR) is 121 cm³/mol. The van der Waals surface area contributed by atoms with Crippen LogP contribution in [-0.2, 0) is 0 Å². The largest absolute Gasteiger partial charge is 0.385 e. The minimum absolute atomic E-state index is 0.778. The Morgan fingerprint density at radius 2 is 1.85 bits per heavy atom. The molecule has 27 heavy (non-hydrogen) atoms. The van der Waals surface area contributed by atoms with Crippen molar-refractivity contribution in [3.63, 3.8) is 0 Å². The molecule has 3 aromatic rings. The molecular weight excluding hydrogens is 374 g/mol. The summed E-state index contributed by atoms with van der Waals surface area (Å²) in [4.78, 5) is 4.83. The monoisotopic (exact) mass is 397 g/mol. The fourth-order valence-electron chi connectivity index (χ4n) is 3.69. The van der Waals surface area contributed by atoms with Crippen molar-refractivity contribution in [2.75, 3.05) is 35.2 Å². The topological polar surface area (TPSA) is 27.3 Å². The Kier molecular flexibility index (Phi) is 5.11. The Morgan fingerprint density at radius 3 is 2.59 bits per heavy atom. The molecule has 1 aliphatic rings. The van der Waals surface area contributed by atoms with E-state index in [1.807, 2.05) is 23.9 Å². The molecule has 0 atom stereocenters. The first-order valence-electron chi connectivity index (χ1n) is 9.49. The Hall–Kier alpha value is -2.04. The van der Waals surface area contributed by atoms with Crippen LogP contribution in [0.4, 0.5) is 22.7 Å². The summed E-state index contributed by atoms with van der Waals surface area (Å²) in [6.45, 7) is 9.40. The van der Waals surface area contributed by atoms with Crippen molar-refractivity contribution in [1.29, 1.82) is 0 Å². The molecule has 1 heterocycles. The van der Waals surface area contributed by atoms with Crippen LogP contribution < -0.4 is 15.5 Å². The molecule has 5 heteroatoms. The number of nitrogens with one attached hydrogen (secondary N) is 2. The quantitative estimate of drug-likeness (QED) is 0.380. The summed E-state index contributed by atoms with van der Waals surface area (Å²) >= 11 is 8.42. The molecule has 140 valence electrons. The van der Waals surface area contributed by atoms with Crippen LogP contribution in [0.2, 0.25) is 5.02 Å². The van der Waals surface area contributed by atoms with Gasteiger partial charge in [-0.2, -0.15) is 0 Å². The van der Waals surface area contributed by atoms with E-state index in [1.54, 1.807) is 0 Å². The molecule has 0 aromatic heterocycles. The lowest BCUT2D eigenvalue weighted by Gasteiger charge is -2.27. The van der Waals surface area contributed by atoms with E-state index >= 15 is 0 Å². The molecule has 0 bridgehead atoms. The van der Waals surface area contributed by atoms with Crippen molar-refractivity contribution in [2.45, 2.75) is 30.6 Å². The van der Waals surface area contributed by atoms with Gasteiger partial charge in [0.2, 0.25) is 0 Å². The van der Waals surface area contributed by atoms with E-state index in [0.717, 1.165) is 52.5 Å². The Labute approximate surface area is 170 Å². The molecule has 0 saturated carbocycles. The second-order valence-electron chi connectivity index (χ2n) is 6.57. The highest BCUT2D eigenvalue weighted by Gasteiger charge is 2.22. The molecule has 3 aromatic carbocycles. The van der Waals surface area contributed by atoms with Crippen LogP contribution in [0.25, 0.3) is 10.8 Å². The number of rotatable bonds is 5. The van der Waals surface area contributed by atoms with Crippen LogP contribution in [0.3, 0.4) is 0 Å². The van der Waals surface area contributed by atoms with Crippen molar-refractivity contribution < 1.29 is 0 Å². The molecule has 0 amide bonds. The third-order valence-electron chi connectivity index (χ3n) is 5.02. The highest BCUT2D eigenvalue weighted by atomic mass is 35.5. The van der Waals surface area contributed by atoms with E-state index in [4.69, 9.17) is 11.6 Å². The summed E-state index contributed by atoms with van der Waals surface area (Å²) in [5.74, 6) is 0. The fourth-order valence-corrected chi connectivity index (χ4v) is 5.03. The van der Waals surface area contributed by atoms with Gasteiger partial charge in [0.1, 0.15) is 0 Å². The lowest BCUT2D eigenvalue weighted by molar-refractivity contribution is 0.864. The molecular formula is C22H24ClN3S. The summed E-state index contributed by atoms with van der Waals surface area (Å²) in [5, 5.41) is 10.1. The number of fused-ring (bicyclic) bond motifs is 4. The van der Waals surface area contributed by atoms with Gasteiger partial charge in [-0.25, -0.2) is 0 Å². The summed E-state index contributed by atoms with van der Waals surface area (Å²) in [6, 6.07) is 15.0. The minimum atomic E-state index is 0.778. The third kappa shape index (κ3) is 3.21. The van der Waals surface area contributed by atoms with Crippen LogP contribution in [-0.4, -0.2) is 19.6 Å². The van der Waals surface area contributed by atoms with Gasteiger partial charge in [-0.3, -0.25) is 0 Å². The minimum Gasteiger partial charge on any atom is -0.385 e. The van der Waals surface area contributed by atoms with Gasteiger partial charge in [-0.05, 0) is 51.1 Å². The maximum absolute atomic E-state index is 6.61. The van der Waals surface area contributed by atoms with E-state index < -0.39 is 0 Å². The number of hydrogen-bond donors (Lipinski definition) is 2. The van der Waals surface area contributed by atoms with E-state index in [1.165, 1.54) is 15.5 Å². The van der Waals surface area contributed by atoms with Gasteiger partial charge in [0.15, 0.2) is 0 Å². The maximum atomic E-state index is 6.61. The molecule has 2 N–H and O–H groups in total. The maximum Gasteiger partial charge on any atom is 0.0622 e.